The summed E-state index contributed by atoms with van der Waals surface area (Å²) >= 11 is 5.88. The molecule has 0 saturated carbocycles. The molecule has 3 aromatic rings. The van der Waals surface area contributed by atoms with Crippen molar-refractivity contribution in [2.24, 2.45) is 0 Å². The molecule has 0 radical (unpaired) electrons. The van der Waals surface area contributed by atoms with Crippen LogP contribution >= 0.6 is 11.6 Å². The summed E-state index contributed by atoms with van der Waals surface area (Å²) < 4.78 is 35.4. The lowest BCUT2D eigenvalue weighted by atomic mass is 10.2. The van der Waals surface area contributed by atoms with Gasteiger partial charge in [0.15, 0.2) is 6.10 Å². The average Bonchev–Trinajstić information content (AvgIpc) is 3.24. The van der Waals surface area contributed by atoms with Gasteiger partial charge in [-0.15, -0.1) is 0 Å². The number of amides is 1. The third kappa shape index (κ3) is 5.98. The van der Waals surface area contributed by atoms with Crippen molar-refractivity contribution in [2.75, 3.05) is 17.6 Å². The van der Waals surface area contributed by atoms with Crippen LogP contribution in [0.15, 0.2) is 53.1 Å². The van der Waals surface area contributed by atoms with E-state index >= 15 is 0 Å². The van der Waals surface area contributed by atoms with Crippen LogP contribution in [0.25, 0.3) is 11.4 Å². The molecule has 32 heavy (non-hydrogen) atoms. The Morgan fingerprint density at radius 1 is 1.19 bits per heavy atom. The minimum Gasteiger partial charge on any atom is -0.481 e. The molecule has 1 N–H and O–H groups in total. The molecule has 0 aliphatic carbocycles. The average molecular weight is 479 g/mol. The Kier molecular flexibility index (Phi) is 7.37. The van der Waals surface area contributed by atoms with Crippen LogP contribution in [0.5, 0.6) is 5.75 Å². The SMILES string of the molecule is CC[C@H](Oc1ccc(N(C)S(C)(=O)=O)cc1)C(=O)NCc1nc(-c2ccc(Cl)cc2)no1. The Morgan fingerprint density at radius 3 is 2.44 bits per heavy atom. The molecule has 2 aromatic carbocycles. The van der Waals surface area contributed by atoms with Crippen molar-refractivity contribution >= 4 is 33.2 Å². The predicted molar refractivity (Wildman–Crippen MR) is 121 cm³/mol. The second-order valence-electron chi connectivity index (χ2n) is 6.98. The number of carbonyl (C=O) groups excluding carboxylic acids is 1. The second-order valence-corrected chi connectivity index (χ2v) is 9.43. The van der Waals surface area contributed by atoms with Gasteiger partial charge in [0.2, 0.25) is 21.7 Å². The molecular formula is C21H23ClN4O5S. The van der Waals surface area contributed by atoms with Crippen molar-refractivity contribution in [2.45, 2.75) is 26.0 Å². The lowest BCUT2D eigenvalue weighted by molar-refractivity contribution is -0.128. The summed E-state index contributed by atoms with van der Waals surface area (Å²) in [7, 11) is -1.90. The topological polar surface area (TPSA) is 115 Å². The summed E-state index contributed by atoms with van der Waals surface area (Å²) in [6.45, 7) is 1.87. The molecule has 170 valence electrons. The molecule has 0 saturated heterocycles. The number of carbonyl (C=O) groups is 1. The van der Waals surface area contributed by atoms with Crippen LogP contribution in [0.2, 0.25) is 5.02 Å². The van der Waals surface area contributed by atoms with E-state index in [2.05, 4.69) is 15.5 Å². The van der Waals surface area contributed by atoms with Crippen molar-refractivity contribution in [3.8, 4) is 17.1 Å². The molecule has 0 bridgehead atoms. The molecule has 1 amide bonds. The molecule has 3 rings (SSSR count). The minimum absolute atomic E-state index is 0.0530. The Labute approximate surface area is 191 Å². The van der Waals surface area contributed by atoms with Gasteiger partial charge in [-0.1, -0.05) is 23.7 Å². The van der Waals surface area contributed by atoms with Gasteiger partial charge in [0.25, 0.3) is 5.91 Å². The first-order valence-corrected chi connectivity index (χ1v) is 12.0. The number of benzene rings is 2. The largest absolute Gasteiger partial charge is 0.481 e. The zero-order valence-electron chi connectivity index (χ0n) is 17.8. The fraction of sp³-hybridized carbons (Fsp3) is 0.286. The minimum atomic E-state index is -3.36. The number of sulfonamides is 1. The molecule has 0 spiro atoms. The molecule has 11 heteroatoms. The van der Waals surface area contributed by atoms with Crippen molar-refractivity contribution < 1.29 is 22.5 Å². The molecule has 1 atom stereocenters. The third-order valence-corrected chi connectivity index (χ3v) is 6.08. The van der Waals surface area contributed by atoms with Gasteiger partial charge in [-0.3, -0.25) is 9.10 Å². The number of nitrogens with one attached hydrogen (secondary N) is 1. The third-order valence-electron chi connectivity index (χ3n) is 4.62. The summed E-state index contributed by atoms with van der Waals surface area (Å²) in [4.78, 5) is 16.8. The van der Waals surface area contributed by atoms with Crippen molar-refractivity contribution in [3.05, 3.63) is 59.4 Å². The second kappa shape index (κ2) is 10.0. The highest BCUT2D eigenvalue weighted by Crippen LogP contribution is 2.22. The van der Waals surface area contributed by atoms with E-state index < -0.39 is 16.1 Å². The van der Waals surface area contributed by atoms with Crippen LogP contribution in [-0.4, -0.2) is 43.9 Å². The number of aromatic nitrogens is 2. The fourth-order valence-electron chi connectivity index (χ4n) is 2.73. The molecule has 0 aliphatic heterocycles. The van der Waals surface area contributed by atoms with E-state index in [1.807, 2.05) is 6.92 Å². The standard InChI is InChI=1S/C21H23ClN4O5S/c1-4-18(30-17-11-9-16(10-12-17)26(2)32(3,28)29)21(27)23-13-19-24-20(25-31-19)14-5-7-15(22)8-6-14/h5-12,18H,4,13H2,1-3H3,(H,23,27)/t18-/m0/s1. The van der Waals surface area contributed by atoms with Crippen molar-refractivity contribution in [1.82, 2.24) is 15.5 Å². The predicted octanol–water partition coefficient (Wildman–Crippen LogP) is 3.26. The van der Waals surface area contributed by atoms with Gasteiger partial charge in [-0.05, 0) is 55.0 Å². The maximum Gasteiger partial charge on any atom is 0.261 e. The number of hydrogen-bond acceptors (Lipinski definition) is 7. The van der Waals surface area contributed by atoms with Gasteiger partial charge < -0.3 is 14.6 Å². The van der Waals surface area contributed by atoms with Crippen LogP contribution in [0.1, 0.15) is 19.2 Å². The van der Waals surface area contributed by atoms with Crippen molar-refractivity contribution in [1.29, 1.82) is 0 Å². The van der Waals surface area contributed by atoms with E-state index in [1.165, 1.54) is 7.05 Å². The molecule has 0 fully saturated rings. The molecule has 9 nitrogen and oxygen atoms in total. The zero-order valence-corrected chi connectivity index (χ0v) is 19.4. The van der Waals surface area contributed by atoms with Gasteiger partial charge in [-0.2, -0.15) is 4.98 Å². The van der Waals surface area contributed by atoms with Crippen LogP contribution in [0, 0.1) is 0 Å². The number of hydrogen-bond donors (Lipinski definition) is 1. The van der Waals surface area contributed by atoms with Crippen LogP contribution in [-0.2, 0) is 21.4 Å². The number of ether oxygens (including phenoxy) is 1. The summed E-state index contributed by atoms with van der Waals surface area (Å²) in [6, 6.07) is 13.4. The highest BCUT2D eigenvalue weighted by molar-refractivity contribution is 7.92. The highest BCUT2D eigenvalue weighted by Gasteiger charge is 2.20. The number of rotatable bonds is 9. The lowest BCUT2D eigenvalue weighted by Crippen LogP contribution is -2.37. The summed E-state index contributed by atoms with van der Waals surface area (Å²) in [5.41, 5.74) is 1.24. The fourth-order valence-corrected chi connectivity index (χ4v) is 3.36. The van der Waals surface area contributed by atoms with E-state index in [0.717, 1.165) is 16.1 Å². The molecular weight excluding hydrogens is 456 g/mol. The van der Waals surface area contributed by atoms with E-state index in [1.54, 1.807) is 48.5 Å². The molecule has 0 aliphatic rings. The maximum atomic E-state index is 12.5. The molecule has 0 unspecified atom stereocenters. The monoisotopic (exact) mass is 478 g/mol. The van der Waals surface area contributed by atoms with E-state index in [0.29, 0.717) is 28.7 Å². The molecule has 1 heterocycles. The number of nitrogens with zero attached hydrogens (tertiary/aromatic N) is 3. The Hall–Kier alpha value is -3.11. The van der Waals surface area contributed by atoms with Crippen molar-refractivity contribution in [3.63, 3.8) is 0 Å². The maximum absolute atomic E-state index is 12.5. The summed E-state index contributed by atoms with van der Waals surface area (Å²) in [6.07, 6.45) is 0.806. The van der Waals surface area contributed by atoms with Crippen LogP contribution < -0.4 is 14.4 Å². The Bertz CT molecular complexity index is 1160. The molecule has 1 aromatic heterocycles. The van der Waals surface area contributed by atoms with Gasteiger partial charge in [0, 0.05) is 17.6 Å². The smallest absolute Gasteiger partial charge is 0.261 e. The lowest BCUT2D eigenvalue weighted by Gasteiger charge is -2.19. The van der Waals surface area contributed by atoms with Gasteiger partial charge >= 0.3 is 0 Å². The first kappa shape index (κ1) is 23.6. The number of anilines is 1. The first-order valence-electron chi connectivity index (χ1n) is 9.74. The summed E-state index contributed by atoms with van der Waals surface area (Å²) in [5, 5.41) is 7.24. The first-order chi connectivity index (χ1) is 15.2. The normalized spacial score (nSPS) is 12.2. The quantitative estimate of drug-likeness (QED) is 0.502. The van der Waals surface area contributed by atoms with Gasteiger partial charge in [-0.25, -0.2) is 8.42 Å². The highest BCUT2D eigenvalue weighted by atomic mass is 35.5. The number of halogens is 1. The Morgan fingerprint density at radius 2 is 1.84 bits per heavy atom. The summed E-state index contributed by atoms with van der Waals surface area (Å²) in [5.74, 6) is 0.760. The Balaban J connectivity index is 1.58. The van der Waals surface area contributed by atoms with Crippen LogP contribution in [0.4, 0.5) is 5.69 Å². The zero-order chi connectivity index (χ0) is 23.3. The van der Waals surface area contributed by atoms with E-state index in [4.69, 9.17) is 20.9 Å². The van der Waals surface area contributed by atoms with Gasteiger partial charge in [0.05, 0.1) is 18.5 Å². The van der Waals surface area contributed by atoms with Gasteiger partial charge in [0.1, 0.15) is 5.75 Å². The van der Waals surface area contributed by atoms with Crippen LogP contribution in [0.3, 0.4) is 0 Å². The van der Waals surface area contributed by atoms with E-state index in [9.17, 15) is 13.2 Å². The van der Waals surface area contributed by atoms with E-state index in [-0.39, 0.29) is 18.3 Å².